The Morgan fingerprint density at radius 1 is 1.41 bits per heavy atom. The number of likely N-dealkylation sites (N-methyl/N-ethyl adjacent to an activating group) is 1. The minimum atomic E-state index is -1.11. The number of halogens is 1. The second kappa shape index (κ2) is 6.55. The summed E-state index contributed by atoms with van der Waals surface area (Å²) in [4.78, 5) is 37.5. The van der Waals surface area contributed by atoms with E-state index in [1.54, 1.807) is 13.0 Å². The van der Waals surface area contributed by atoms with E-state index in [-0.39, 0.29) is 31.1 Å². The third-order valence-corrected chi connectivity index (χ3v) is 3.64. The quantitative estimate of drug-likeness (QED) is 0.884. The lowest BCUT2D eigenvalue weighted by Gasteiger charge is -2.22. The van der Waals surface area contributed by atoms with Gasteiger partial charge in [0, 0.05) is 19.5 Å². The summed E-state index contributed by atoms with van der Waals surface area (Å²) in [6.45, 7) is 1.58. The molecule has 0 aliphatic carbocycles. The molecule has 0 saturated carbocycles. The Morgan fingerprint density at radius 2 is 2.09 bits per heavy atom. The second-order valence-electron chi connectivity index (χ2n) is 5.10. The Labute approximate surface area is 127 Å². The van der Waals surface area contributed by atoms with Crippen molar-refractivity contribution in [3.8, 4) is 0 Å². The predicted molar refractivity (Wildman–Crippen MR) is 76.7 cm³/mol. The lowest BCUT2D eigenvalue weighted by Crippen LogP contribution is -2.40. The zero-order chi connectivity index (χ0) is 16.3. The molecule has 7 heteroatoms. The summed E-state index contributed by atoms with van der Waals surface area (Å²) in [6, 6.07) is 5.87. The number of aliphatic carboxylic acids is 1. The van der Waals surface area contributed by atoms with Gasteiger partial charge in [-0.15, -0.1) is 0 Å². The molecule has 1 N–H and O–H groups in total. The lowest BCUT2D eigenvalue weighted by atomic mass is 10.1. The fraction of sp³-hybridized carbons (Fsp3) is 0.400. The lowest BCUT2D eigenvalue weighted by molar-refractivity contribution is -0.146. The molecule has 1 fully saturated rings. The summed E-state index contributed by atoms with van der Waals surface area (Å²) < 4.78 is 13.8. The van der Waals surface area contributed by atoms with Crippen molar-refractivity contribution >= 4 is 23.5 Å². The Morgan fingerprint density at radius 3 is 2.68 bits per heavy atom. The summed E-state index contributed by atoms with van der Waals surface area (Å²) >= 11 is 0. The Bertz CT molecular complexity index is 605. The van der Waals surface area contributed by atoms with Crippen LogP contribution >= 0.6 is 0 Å². The van der Waals surface area contributed by atoms with Crippen molar-refractivity contribution in [3.05, 3.63) is 30.1 Å². The van der Waals surface area contributed by atoms with Gasteiger partial charge in [-0.1, -0.05) is 12.1 Å². The highest BCUT2D eigenvalue weighted by molar-refractivity contribution is 6.00. The van der Waals surface area contributed by atoms with Crippen LogP contribution in [0.4, 0.5) is 10.1 Å². The third kappa shape index (κ3) is 3.24. The van der Waals surface area contributed by atoms with Crippen LogP contribution in [0, 0.1) is 11.7 Å². The maximum Gasteiger partial charge on any atom is 0.323 e. The normalized spacial score (nSPS) is 17.6. The van der Waals surface area contributed by atoms with Crippen molar-refractivity contribution in [3.63, 3.8) is 0 Å². The highest BCUT2D eigenvalue weighted by atomic mass is 19.1. The van der Waals surface area contributed by atoms with Gasteiger partial charge in [0.15, 0.2) is 0 Å². The van der Waals surface area contributed by atoms with Crippen molar-refractivity contribution in [2.75, 3.05) is 24.5 Å². The number of para-hydroxylation sites is 1. The van der Waals surface area contributed by atoms with Gasteiger partial charge in [0.25, 0.3) is 0 Å². The predicted octanol–water partition coefficient (Wildman–Crippen LogP) is 1.11. The number of hydrogen-bond donors (Lipinski definition) is 1. The van der Waals surface area contributed by atoms with Crippen LogP contribution in [0.25, 0.3) is 0 Å². The van der Waals surface area contributed by atoms with Gasteiger partial charge in [0.05, 0.1) is 11.6 Å². The van der Waals surface area contributed by atoms with E-state index in [0.717, 1.165) is 0 Å². The molecular formula is C15H17FN2O4. The molecule has 2 amide bonds. The molecule has 1 aromatic rings. The molecule has 1 aliphatic rings. The number of carboxylic acid groups (broad SMARTS) is 1. The van der Waals surface area contributed by atoms with Crippen molar-refractivity contribution in [2.24, 2.45) is 5.92 Å². The Hall–Kier alpha value is -2.44. The van der Waals surface area contributed by atoms with Crippen LogP contribution in [0.3, 0.4) is 0 Å². The molecule has 1 aliphatic heterocycles. The largest absolute Gasteiger partial charge is 0.480 e. The van der Waals surface area contributed by atoms with Crippen molar-refractivity contribution < 1.29 is 23.9 Å². The Balaban J connectivity index is 2.13. The molecule has 2 rings (SSSR count). The van der Waals surface area contributed by atoms with Crippen LogP contribution < -0.4 is 4.90 Å². The summed E-state index contributed by atoms with van der Waals surface area (Å²) in [5, 5.41) is 8.80. The number of nitrogens with zero attached hydrogens (tertiary/aromatic N) is 2. The van der Waals surface area contributed by atoms with E-state index in [1.807, 2.05) is 0 Å². The van der Waals surface area contributed by atoms with Crippen LogP contribution in [0.15, 0.2) is 24.3 Å². The maximum atomic E-state index is 13.8. The summed E-state index contributed by atoms with van der Waals surface area (Å²) in [6.07, 6.45) is -0.0384. The first-order valence-electron chi connectivity index (χ1n) is 6.99. The fourth-order valence-electron chi connectivity index (χ4n) is 2.54. The van der Waals surface area contributed by atoms with Crippen molar-refractivity contribution in [1.29, 1.82) is 0 Å². The molecule has 22 heavy (non-hydrogen) atoms. The van der Waals surface area contributed by atoms with Crippen LogP contribution in [0.1, 0.15) is 13.3 Å². The fourth-order valence-corrected chi connectivity index (χ4v) is 2.54. The van der Waals surface area contributed by atoms with E-state index in [9.17, 15) is 18.8 Å². The second-order valence-corrected chi connectivity index (χ2v) is 5.10. The van der Waals surface area contributed by atoms with Gasteiger partial charge in [-0.3, -0.25) is 14.4 Å². The monoisotopic (exact) mass is 308 g/mol. The number of carbonyl (C=O) groups is 3. The van der Waals surface area contributed by atoms with Gasteiger partial charge in [-0.05, 0) is 19.1 Å². The zero-order valence-corrected chi connectivity index (χ0v) is 12.2. The molecule has 1 unspecified atom stereocenters. The molecular weight excluding hydrogens is 291 g/mol. The van der Waals surface area contributed by atoms with Gasteiger partial charge in [0.1, 0.15) is 12.4 Å². The third-order valence-electron chi connectivity index (χ3n) is 3.64. The molecule has 0 bridgehead atoms. The van der Waals surface area contributed by atoms with Crippen LogP contribution in [-0.2, 0) is 14.4 Å². The van der Waals surface area contributed by atoms with E-state index >= 15 is 0 Å². The minimum absolute atomic E-state index is 0.0384. The topological polar surface area (TPSA) is 77.9 Å². The number of benzene rings is 1. The molecule has 0 aromatic heterocycles. The van der Waals surface area contributed by atoms with Gasteiger partial charge in [-0.2, -0.15) is 0 Å². The van der Waals surface area contributed by atoms with E-state index in [0.29, 0.717) is 0 Å². The van der Waals surface area contributed by atoms with Gasteiger partial charge < -0.3 is 14.9 Å². The molecule has 118 valence electrons. The zero-order valence-electron chi connectivity index (χ0n) is 12.2. The summed E-state index contributed by atoms with van der Waals surface area (Å²) in [5.74, 6) is -3.01. The Kier molecular flexibility index (Phi) is 4.75. The number of amides is 2. The SMILES string of the molecule is CCN(CC(=O)O)C(=O)C1CC(=O)N(c2ccccc2F)C1. The number of carbonyl (C=O) groups excluding carboxylic acids is 2. The molecule has 6 nitrogen and oxygen atoms in total. The van der Waals surface area contributed by atoms with Crippen LogP contribution in [-0.4, -0.2) is 47.4 Å². The summed E-state index contributed by atoms with van der Waals surface area (Å²) in [5.41, 5.74) is 0.143. The maximum absolute atomic E-state index is 13.8. The van der Waals surface area contributed by atoms with E-state index < -0.39 is 30.2 Å². The summed E-state index contributed by atoms with van der Waals surface area (Å²) in [7, 11) is 0. The standard InChI is InChI=1S/C15H17FN2O4/c1-2-17(9-14(20)21)15(22)10-7-13(19)18(8-10)12-6-4-3-5-11(12)16/h3-6,10H,2,7-9H2,1H3,(H,20,21). The molecule has 1 atom stereocenters. The minimum Gasteiger partial charge on any atom is -0.480 e. The van der Waals surface area contributed by atoms with E-state index in [2.05, 4.69) is 0 Å². The van der Waals surface area contributed by atoms with Crippen molar-refractivity contribution in [2.45, 2.75) is 13.3 Å². The molecule has 0 spiro atoms. The number of carboxylic acids is 1. The van der Waals surface area contributed by atoms with Crippen molar-refractivity contribution in [1.82, 2.24) is 4.90 Å². The first-order valence-corrected chi connectivity index (χ1v) is 6.99. The number of rotatable bonds is 5. The van der Waals surface area contributed by atoms with Gasteiger partial charge in [0.2, 0.25) is 11.8 Å². The van der Waals surface area contributed by atoms with Gasteiger partial charge >= 0.3 is 5.97 Å². The van der Waals surface area contributed by atoms with E-state index in [4.69, 9.17) is 5.11 Å². The van der Waals surface area contributed by atoms with Crippen LogP contribution in [0.5, 0.6) is 0 Å². The number of hydrogen-bond acceptors (Lipinski definition) is 3. The number of anilines is 1. The molecule has 1 heterocycles. The average molecular weight is 308 g/mol. The average Bonchev–Trinajstić information content (AvgIpc) is 2.86. The van der Waals surface area contributed by atoms with E-state index in [1.165, 1.54) is 28.0 Å². The molecule has 1 aromatic carbocycles. The smallest absolute Gasteiger partial charge is 0.323 e. The van der Waals surface area contributed by atoms with Crippen LogP contribution in [0.2, 0.25) is 0 Å². The first-order chi connectivity index (χ1) is 10.4. The first kappa shape index (κ1) is 15.9. The highest BCUT2D eigenvalue weighted by Crippen LogP contribution is 2.28. The van der Waals surface area contributed by atoms with Gasteiger partial charge in [-0.25, -0.2) is 4.39 Å². The molecule has 1 saturated heterocycles. The highest BCUT2D eigenvalue weighted by Gasteiger charge is 2.38. The molecule has 0 radical (unpaired) electrons.